The average molecular weight is 544 g/mol. The molecule has 1 heterocycles. The molecule has 1 amide bonds. The molecule has 6 nitrogen and oxygen atoms in total. The number of ether oxygens (including phenoxy) is 1. The molecular weight excluding hydrogens is 533 g/mol. The summed E-state index contributed by atoms with van der Waals surface area (Å²) in [4.78, 5) is 16.6. The molecule has 0 aliphatic carbocycles. The van der Waals surface area contributed by atoms with Crippen molar-refractivity contribution in [2.24, 2.45) is 0 Å². The van der Waals surface area contributed by atoms with Gasteiger partial charge in [0.05, 0.1) is 12.1 Å². The van der Waals surface area contributed by atoms with E-state index in [2.05, 4.69) is 15.0 Å². The lowest BCUT2D eigenvalue weighted by atomic mass is 10.1. The van der Waals surface area contributed by atoms with Gasteiger partial charge >= 0.3 is 0 Å². The topological polar surface area (TPSA) is 76.4 Å². The Bertz CT molecular complexity index is 1470. The van der Waals surface area contributed by atoms with Gasteiger partial charge in [-0.15, -0.1) is 0 Å². The van der Waals surface area contributed by atoms with E-state index in [1.54, 1.807) is 30.3 Å². The Balaban J connectivity index is 1.49. The van der Waals surface area contributed by atoms with Crippen LogP contribution in [0.1, 0.15) is 10.4 Å². The van der Waals surface area contributed by atoms with Crippen LogP contribution in [0.2, 0.25) is 10.0 Å². The third-order valence-corrected chi connectivity index (χ3v) is 5.38. The van der Waals surface area contributed by atoms with Gasteiger partial charge in [0.25, 0.3) is 5.91 Å². The van der Waals surface area contributed by atoms with E-state index >= 15 is 0 Å². The second-order valence-corrected chi connectivity index (χ2v) is 8.16. The zero-order valence-corrected chi connectivity index (χ0v) is 19.6. The van der Waals surface area contributed by atoms with Gasteiger partial charge in [-0.25, -0.2) is 13.8 Å². The maximum Gasteiger partial charge on any atom is 0.263 e. The molecule has 180 valence electrons. The fourth-order valence-corrected chi connectivity index (χ4v) is 3.83. The van der Waals surface area contributed by atoms with Crippen LogP contribution in [0.15, 0.2) is 40.8 Å². The van der Waals surface area contributed by atoms with Crippen molar-refractivity contribution >= 4 is 63.2 Å². The first-order chi connectivity index (χ1) is 16.6. The number of thiocarbonyl (C=S) groups is 1. The van der Waals surface area contributed by atoms with Gasteiger partial charge in [0.1, 0.15) is 11.1 Å². The van der Waals surface area contributed by atoms with Crippen molar-refractivity contribution < 1.29 is 31.5 Å². The Hall–Kier alpha value is -3.41. The predicted octanol–water partition coefficient (Wildman–Crippen LogP) is 6.49. The Morgan fingerprint density at radius 3 is 2.26 bits per heavy atom. The number of carbonyl (C=O) groups is 1. The highest BCUT2D eigenvalue weighted by Crippen LogP contribution is 2.32. The zero-order valence-electron chi connectivity index (χ0n) is 17.3. The summed E-state index contributed by atoms with van der Waals surface area (Å²) in [7, 11) is 0.819. The van der Waals surface area contributed by atoms with Crippen LogP contribution >= 0.6 is 35.4 Å². The van der Waals surface area contributed by atoms with E-state index in [-0.39, 0.29) is 11.0 Å². The molecule has 35 heavy (non-hydrogen) atoms. The largest absolute Gasteiger partial charge is 0.491 e. The summed E-state index contributed by atoms with van der Waals surface area (Å²) in [6.07, 6.45) is 0. The normalized spacial score (nSPS) is 10.9. The highest BCUT2D eigenvalue weighted by molar-refractivity contribution is 7.80. The fourth-order valence-electron chi connectivity index (χ4n) is 3.10. The number of anilines is 1. The van der Waals surface area contributed by atoms with Gasteiger partial charge in [0.15, 0.2) is 28.1 Å². The third kappa shape index (κ3) is 4.75. The van der Waals surface area contributed by atoms with E-state index in [4.69, 9.17) is 39.8 Å². The number of amides is 1. The van der Waals surface area contributed by atoms with Crippen molar-refractivity contribution in [3.05, 3.63) is 75.3 Å². The number of hydrogen-bond acceptors (Lipinski definition) is 5. The molecule has 0 atom stereocenters. The molecule has 0 saturated heterocycles. The number of carbonyl (C=O) groups excluding carboxylic acids is 1. The Kier molecular flexibility index (Phi) is 6.84. The van der Waals surface area contributed by atoms with Crippen LogP contribution < -0.4 is 15.4 Å². The molecular formula is C22H11Cl2F4N3O3S. The fraction of sp³-hybridized carbons (Fsp3) is 0.0455. The highest BCUT2D eigenvalue weighted by atomic mass is 35.5. The zero-order chi connectivity index (χ0) is 25.4. The molecule has 0 fully saturated rings. The minimum Gasteiger partial charge on any atom is -0.491 e. The number of rotatable bonds is 4. The van der Waals surface area contributed by atoms with Crippen LogP contribution in [-0.2, 0) is 0 Å². The summed E-state index contributed by atoms with van der Waals surface area (Å²) in [5, 5.41) is 4.88. The molecule has 4 rings (SSSR count). The average Bonchev–Trinajstić information content (AvgIpc) is 3.23. The predicted molar refractivity (Wildman–Crippen MR) is 126 cm³/mol. The van der Waals surface area contributed by atoms with Crippen LogP contribution in [0.25, 0.3) is 22.6 Å². The van der Waals surface area contributed by atoms with E-state index in [1.165, 1.54) is 6.07 Å². The number of nitrogens with zero attached hydrogens (tertiary/aromatic N) is 1. The molecule has 0 unspecified atom stereocenters. The second-order valence-electron chi connectivity index (χ2n) is 6.90. The van der Waals surface area contributed by atoms with E-state index < -0.39 is 40.5 Å². The van der Waals surface area contributed by atoms with Gasteiger partial charge < -0.3 is 14.5 Å². The van der Waals surface area contributed by atoms with Crippen molar-refractivity contribution in [3.63, 3.8) is 0 Å². The Labute approximate surface area is 209 Å². The van der Waals surface area contributed by atoms with Gasteiger partial charge in [0.2, 0.25) is 17.5 Å². The molecule has 1 aromatic heterocycles. The lowest BCUT2D eigenvalue weighted by molar-refractivity contribution is 0.0966. The summed E-state index contributed by atoms with van der Waals surface area (Å²) in [6, 6.07) is 9.44. The summed E-state index contributed by atoms with van der Waals surface area (Å²) in [5.41, 5.74) is 0.277. The van der Waals surface area contributed by atoms with E-state index in [9.17, 15) is 22.4 Å². The van der Waals surface area contributed by atoms with E-state index in [0.717, 1.165) is 7.11 Å². The van der Waals surface area contributed by atoms with Crippen molar-refractivity contribution in [1.82, 2.24) is 10.3 Å². The van der Waals surface area contributed by atoms with Crippen molar-refractivity contribution in [1.29, 1.82) is 0 Å². The lowest BCUT2D eigenvalue weighted by Gasteiger charge is -2.13. The van der Waals surface area contributed by atoms with Crippen molar-refractivity contribution in [3.8, 4) is 17.2 Å². The van der Waals surface area contributed by atoms with Crippen LogP contribution in [0, 0.1) is 23.3 Å². The molecule has 0 bridgehead atoms. The number of methoxy groups -OCH3 is 1. The molecule has 4 aromatic rings. The number of aromatic nitrogens is 1. The maximum absolute atomic E-state index is 14.1. The number of benzene rings is 3. The van der Waals surface area contributed by atoms with Crippen molar-refractivity contribution in [2.45, 2.75) is 0 Å². The summed E-state index contributed by atoms with van der Waals surface area (Å²) >= 11 is 17.0. The van der Waals surface area contributed by atoms with Crippen LogP contribution in [0.4, 0.5) is 23.2 Å². The molecule has 13 heteroatoms. The third-order valence-electron chi connectivity index (χ3n) is 4.68. The molecule has 2 N–H and O–H groups in total. The number of nitrogens with one attached hydrogen (secondary N) is 2. The quantitative estimate of drug-likeness (QED) is 0.174. The molecule has 0 aliphatic rings. The number of oxazole rings is 1. The molecule has 0 radical (unpaired) electrons. The first-order valence-electron chi connectivity index (χ1n) is 9.49. The second kappa shape index (κ2) is 9.68. The molecule has 0 spiro atoms. The van der Waals surface area contributed by atoms with Gasteiger partial charge in [-0.05, 0) is 48.6 Å². The van der Waals surface area contributed by atoms with Crippen LogP contribution in [-0.4, -0.2) is 23.1 Å². The Morgan fingerprint density at radius 2 is 1.66 bits per heavy atom. The van der Waals surface area contributed by atoms with Gasteiger partial charge in [-0.1, -0.05) is 23.2 Å². The minimum absolute atomic E-state index is 0.265. The lowest BCUT2D eigenvalue weighted by Crippen LogP contribution is -2.35. The summed E-state index contributed by atoms with van der Waals surface area (Å²) in [5.74, 6) is -10.1. The molecule has 3 aromatic carbocycles. The Morgan fingerprint density at radius 1 is 1.03 bits per heavy atom. The van der Waals surface area contributed by atoms with Gasteiger partial charge in [0, 0.05) is 16.3 Å². The smallest absolute Gasteiger partial charge is 0.263 e. The number of hydrogen-bond donors (Lipinski definition) is 2. The molecule has 0 saturated carbocycles. The number of fused-ring (bicyclic) bond motifs is 1. The van der Waals surface area contributed by atoms with E-state index in [1.807, 2.05) is 5.32 Å². The summed E-state index contributed by atoms with van der Waals surface area (Å²) < 4.78 is 66.0. The van der Waals surface area contributed by atoms with Gasteiger partial charge in [-0.2, -0.15) is 8.78 Å². The van der Waals surface area contributed by atoms with Crippen LogP contribution in [0.5, 0.6) is 5.75 Å². The van der Waals surface area contributed by atoms with Gasteiger partial charge in [-0.3, -0.25) is 10.1 Å². The molecule has 0 aliphatic heterocycles. The highest BCUT2D eigenvalue weighted by Gasteiger charge is 2.30. The number of halogens is 6. The first-order valence-corrected chi connectivity index (χ1v) is 10.7. The standard InChI is InChI=1S/C22H11Cl2F4N3O3S/c1-33-19-16(27)14(25)13(15(26)17(19)28)20(32)31-22(35)29-10-4-2-8(3-5-10)21-30-12-7-9(23)6-11(24)18(12)34-21/h2-7H,1H3,(H2,29,31,32,35). The monoisotopic (exact) mass is 543 g/mol. The first kappa shape index (κ1) is 24.7. The SMILES string of the molecule is COc1c(F)c(F)c(C(=O)NC(=S)Nc2ccc(-c3nc4cc(Cl)cc(Cl)c4o3)cc2)c(F)c1F. The minimum atomic E-state index is -1.93. The summed E-state index contributed by atoms with van der Waals surface area (Å²) in [6.45, 7) is 0. The van der Waals surface area contributed by atoms with E-state index in [0.29, 0.717) is 32.4 Å². The maximum atomic E-state index is 14.1. The van der Waals surface area contributed by atoms with Crippen LogP contribution in [0.3, 0.4) is 0 Å². The van der Waals surface area contributed by atoms with Crippen molar-refractivity contribution in [2.75, 3.05) is 12.4 Å².